The number of carbonyl (C=O) groups excluding carboxylic acids is 1. The third kappa shape index (κ3) is 5.07. The first-order valence-corrected chi connectivity index (χ1v) is 9.17. The first-order chi connectivity index (χ1) is 12.1. The third-order valence-corrected chi connectivity index (χ3v) is 5.46. The zero-order valence-electron chi connectivity index (χ0n) is 15.6. The second-order valence-corrected chi connectivity index (χ2v) is 7.51. The van der Waals surface area contributed by atoms with Gasteiger partial charge in [-0.15, -0.1) is 0 Å². The molecule has 1 aliphatic heterocycles. The average Bonchev–Trinajstić information content (AvgIpc) is 2.95. The minimum atomic E-state index is -0.353. The van der Waals surface area contributed by atoms with Gasteiger partial charge in [0.15, 0.2) is 0 Å². The first kappa shape index (κ1) is 20.9. The van der Waals surface area contributed by atoms with E-state index in [1.54, 1.807) is 0 Å². The van der Waals surface area contributed by atoms with E-state index in [-0.39, 0.29) is 35.9 Å². The normalized spacial score (nSPS) is 18.3. The molecule has 0 radical (unpaired) electrons. The van der Waals surface area contributed by atoms with E-state index in [1.165, 1.54) is 19.4 Å². The molecular formula is C22H28INO2. The maximum absolute atomic E-state index is 12.9. The fourth-order valence-corrected chi connectivity index (χ4v) is 3.89. The summed E-state index contributed by atoms with van der Waals surface area (Å²) in [4.78, 5) is 12.9. The van der Waals surface area contributed by atoms with Crippen molar-refractivity contribution in [1.29, 1.82) is 0 Å². The van der Waals surface area contributed by atoms with E-state index in [9.17, 15) is 4.79 Å². The second-order valence-electron chi connectivity index (χ2n) is 7.51. The third-order valence-electron chi connectivity index (χ3n) is 5.46. The van der Waals surface area contributed by atoms with Crippen molar-refractivity contribution in [1.82, 2.24) is 0 Å². The van der Waals surface area contributed by atoms with Crippen molar-refractivity contribution in [3.8, 4) is 0 Å². The molecule has 2 aromatic rings. The topological polar surface area (TPSA) is 26.3 Å². The van der Waals surface area contributed by atoms with E-state index < -0.39 is 0 Å². The number of ether oxygens (including phenoxy) is 1. The Morgan fingerprint density at radius 1 is 1.04 bits per heavy atom. The molecule has 3 rings (SSSR count). The van der Waals surface area contributed by atoms with Crippen LogP contribution in [0.2, 0.25) is 0 Å². The van der Waals surface area contributed by atoms with Crippen LogP contribution in [0.15, 0.2) is 60.7 Å². The molecule has 1 aliphatic rings. The summed E-state index contributed by atoms with van der Waals surface area (Å²) >= 11 is 0. The Bertz CT molecular complexity index is 648. The number of carbonyl (C=O) groups is 1. The smallest absolute Gasteiger partial charge is 0.317 e. The molecule has 0 amide bonds. The van der Waals surface area contributed by atoms with Gasteiger partial charge in [-0.25, -0.2) is 0 Å². The van der Waals surface area contributed by atoms with Crippen LogP contribution in [0.5, 0.6) is 0 Å². The first-order valence-electron chi connectivity index (χ1n) is 9.17. The van der Waals surface area contributed by atoms with Crippen LogP contribution in [0.25, 0.3) is 0 Å². The molecule has 0 bridgehead atoms. The summed E-state index contributed by atoms with van der Waals surface area (Å²) in [5.74, 6) is -0.505. The van der Waals surface area contributed by atoms with Crippen LogP contribution in [-0.4, -0.2) is 43.7 Å². The van der Waals surface area contributed by atoms with Gasteiger partial charge in [0.1, 0.15) is 5.92 Å². The highest BCUT2D eigenvalue weighted by Gasteiger charge is 2.34. The lowest BCUT2D eigenvalue weighted by Gasteiger charge is -2.31. The Morgan fingerprint density at radius 2 is 1.58 bits per heavy atom. The zero-order chi connectivity index (χ0) is 17.7. The van der Waals surface area contributed by atoms with Gasteiger partial charge in [-0.1, -0.05) is 60.7 Å². The molecule has 3 nitrogen and oxygen atoms in total. The molecule has 1 saturated heterocycles. The average molecular weight is 465 g/mol. The minimum Gasteiger partial charge on any atom is -1.00 e. The monoisotopic (exact) mass is 465 g/mol. The highest BCUT2D eigenvalue weighted by atomic mass is 127. The lowest BCUT2D eigenvalue weighted by atomic mass is 9.91. The van der Waals surface area contributed by atoms with Gasteiger partial charge in [0.05, 0.1) is 33.3 Å². The standard InChI is InChI=1S/C22H28NO2.HI/c1-23(2)16-9-14-20(23)15-17-25-22(24)21(18-10-5-3-6-11-18)19-12-7-4-8-13-19;/h3-8,10-13,20-21H,9,14-17H2,1-2H3;1H/q+1;/p-1. The van der Waals surface area contributed by atoms with E-state index in [0.29, 0.717) is 12.6 Å². The summed E-state index contributed by atoms with van der Waals surface area (Å²) in [5.41, 5.74) is 1.96. The molecule has 4 heteroatoms. The number of likely N-dealkylation sites (tertiary alicyclic amines) is 1. The fraction of sp³-hybridized carbons (Fsp3) is 0.409. The number of quaternary nitrogens is 1. The van der Waals surface area contributed by atoms with E-state index in [0.717, 1.165) is 22.0 Å². The fourth-order valence-electron chi connectivity index (χ4n) is 3.89. The number of hydrogen-bond donors (Lipinski definition) is 0. The number of benzene rings is 2. The highest BCUT2D eigenvalue weighted by Crippen LogP contribution is 2.27. The molecule has 0 aliphatic carbocycles. The van der Waals surface area contributed by atoms with Crippen molar-refractivity contribution in [2.45, 2.75) is 31.2 Å². The number of nitrogens with zero attached hydrogens (tertiary/aromatic N) is 1. The second kappa shape index (κ2) is 9.51. The molecule has 26 heavy (non-hydrogen) atoms. The van der Waals surface area contributed by atoms with Gasteiger partial charge in [-0.3, -0.25) is 4.79 Å². The van der Waals surface area contributed by atoms with E-state index in [1.807, 2.05) is 60.7 Å². The van der Waals surface area contributed by atoms with Gasteiger partial charge in [0, 0.05) is 19.3 Å². The Kier molecular flexibility index (Phi) is 7.65. The number of rotatable bonds is 6. The minimum absolute atomic E-state index is 0. The molecule has 1 atom stereocenters. The molecule has 0 spiro atoms. The molecule has 0 aromatic heterocycles. The summed E-state index contributed by atoms with van der Waals surface area (Å²) in [6, 6.07) is 20.4. The Labute approximate surface area is 174 Å². The molecule has 1 unspecified atom stereocenters. The van der Waals surface area contributed by atoms with Gasteiger partial charge in [0.2, 0.25) is 0 Å². The van der Waals surface area contributed by atoms with Gasteiger partial charge < -0.3 is 33.2 Å². The van der Waals surface area contributed by atoms with Crippen molar-refractivity contribution in [2.75, 3.05) is 27.2 Å². The van der Waals surface area contributed by atoms with Crippen molar-refractivity contribution in [3.05, 3.63) is 71.8 Å². The van der Waals surface area contributed by atoms with Crippen molar-refractivity contribution in [2.24, 2.45) is 0 Å². The van der Waals surface area contributed by atoms with Gasteiger partial charge in [0.25, 0.3) is 0 Å². The lowest BCUT2D eigenvalue weighted by molar-refractivity contribution is -0.902. The van der Waals surface area contributed by atoms with Crippen LogP contribution >= 0.6 is 0 Å². The van der Waals surface area contributed by atoms with Crippen LogP contribution in [0, 0.1) is 0 Å². The largest absolute Gasteiger partial charge is 1.00 e. The number of halogens is 1. The molecule has 0 saturated carbocycles. The molecule has 1 fully saturated rings. The van der Waals surface area contributed by atoms with E-state index in [4.69, 9.17) is 4.74 Å². The van der Waals surface area contributed by atoms with Crippen molar-refractivity contribution >= 4 is 5.97 Å². The quantitative estimate of drug-likeness (QED) is 0.362. The Balaban J connectivity index is 0.00000243. The number of hydrogen-bond acceptors (Lipinski definition) is 2. The summed E-state index contributed by atoms with van der Waals surface area (Å²) in [5, 5.41) is 0. The SMILES string of the molecule is C[N+]1(C)CCCC1CCOC(=O)C(c1ccccc1)c1ccccc1.[I-]. The summed E-state index contributed by atoms with van der Waals surface area (Å²) in [6.45, 7) is 1.72. The van der Waals surface area contributed by atoms with Crippen LogP contribution in [0.3, 0.4) is 0 Å². The predicted molar refractivity (Wildman–Crippen MR) is 100 cm³/mol. The summed E-state index contributed by atoms with van der Waals surface area (Å²) in [7, 11) is 4.55. The molecule has 0 N–H and O–H groups in total. The maximum atomic E-state index is 12.9. The van der Waals surface area contributed by atoms with Gasteiger partial charge in [-0.2, -0.15) is 0 Å². The zero-order valence-corrected chi connectivity index (χ0v) is 17.8. The predicted octanol–water partition coefficient (Wildman–Crippen LogP) is 0.995. The number of esters is 1. The van der Waals surface area contributed by atoms with Crippen LogP contribution < -0.4 is 24.0 Å². The summed E-state index contributed by atoms with van der Waals surface area (Å²) in [6.07, 6.45) is 3.43. The highest BCUT2D eigenvalue weighted by molar-refractivity contribution is 5.82. The Hall–Kier alpha value is -1.40. The van der Waals surface area contributed by atoms with Crippen molar-refractivity contribution < 1.29 is 38.0 Å². The van der Waals surface area contributed by atoms with Crippen LogP contribution in [-0.2, 0) is 9.53 Å². The molecular weight excluding hydrogens is 437 g/mol. The summed E-state index contributed by atoms with van der Waals surface area (Å²) < 4.78 is 6.76. The molecule has 1 heterocycles. The molecule has 2 aromatic carbocycles. The van der Waals surface area contributed by atoms with Gasteiger partial charge in [-0.05, 0) is 11.1 Å². The van der Waals surface area contributed by atoms with Crippen molar-refractivity contribution in [3.63, 3.8) is 0 Å². The molecule has 140 valence electrons. The van der Waals surface area contributed by atoms with E-state index >= 15 is 0 Å². The van der Waals surface area contributed by atoms with Crippen LogP contribution in [0.1, 0.15) is 36.3 Å². The lowest BCUT2D eigenvalue weighted by Crippen LogP contribution is -3.00. The van der Waals surface area contributed by atoms with Crippen LogP contribution in [0.4, 0.5) is 0 Å². The Morgan fingerprint density at radius 3 is 2.04 bits per heavy atom. The maximum Gasteiger partial charge on any atom is 0.317 e. The van der Waals surface area contributed by atoms with E-state index in [2.05, 4.69) is 14.1 Å². The van der Waals surface area contributed by atoms with Gasteiger partial charge >= 0.3 is 5.97 Å².